The molecule has 0 radical (unpaired) electrons. The van der Waals surface area contributed by atoms with E-state index >= 15 is 0 Å². The van der Waals surface area contributed by atoms with Gasteiger partial charge in [-0.25, -0.2) is 4.98 Å². The molecule has 0 saturated carbocycles. The number of rotatable bonds is 7. The lowest BCUT2D eigenvalue weighted by atomic mass is 10.1. The Balaban J connectivity index is 1.64. The van der Waals surface area contributed by atoms with Gasteiger partial charge in [0.25, 0.3) is 5.56 Å². The Bertz CT molecular complexity index is 1550. The number of piperidine rings is 1. The Morgan fingerprint density at radius 2 is 2.08 bits per heavy atom. The summed E-state index contributed by atoms with van der Waals surface area (Å²) in [5.41, 5.74) is 9.20. The Kier molecular flexibility index (Phi) is 6.84. The Hall–Kier alpha value is -4.29. The summed E-state index contributed by atoms with van der Waals surface area (Å²) in [7, 11) is 0. The highest BCUT2D eigenvalue weighted by Crippen LogP contribution is 2.32. The van der Waals surface area contributed by atoms with Gasteiger partial charge in [-0.3, -0.25) is 19.1 Å². The monoisotopic (exact) mass is 495 g/mol. The number of ketones is 1. The van der Waals surface area contributed by atoms with Crippen molar-refractivity contribution in [3.8, 4) is 6.07 Å². The maximum Gasteiger partial charge on any atom is 0.278 e. The predicted molar refractivity (Wildman–Crippen MR) is 142 cm³/mol. The van der Waals surface area contributed by atoms with E-state index in [4.69, 9.17) is 5.73 Å². The zero-order valence-corrected chi connectivity index (χ0v) is 20.8. The molecule has 1 aromatic carbocycles. The highest BCUT2D eigenvalue weighted by atomic mass is 16.1. The minimum absolute atomic E-state index is 0.0253. The molecule has 0 bridgehead atoms. The summed E-state index contributed by atoms with van der Waals surface area (Å²) in [4.78, 5) is 37.9. The molecule has 1 fully saturated rings. The number of hydrogen-bond donors (Lipinski definition) is 1. The normalized spacial score (nSPS) is 15.6. The van der Waals surface area contributed by atoms with Crippen molar-refractivity contribution in [2.24, 2.45) is 5.73 Å². The molecular formula is C28H29N7O2. The number of nitrogens with zero attached hydrogens (tertiary/aromatic N) is 6. The van der Waals surface area contributed by atoms with Crippen LogP contribution in [0, 0.1) is 11.3 Å². The van der Waals surface area contributed by atoms with Gasteiger partial charge in [0.1, 0.15) is 28.5 Å². The maximum atomic E-state index is 13.8. The van der Waals surface area contributed by atoms with E-state index in [0.29, 0.717) is 29.0 Å². The highest BCUT2D eigenvalue weighted by Gasteiger charge is 2.29. The molecule has 188 valence electrons. The zero-order valence-electron chi connectivity index (χ0n) is 20.8. The molecule has 0 unspecified atom stereocenters. The third-order valence-corrected chi connectivity index (χ3v) is 6.89. The minimum Gasteiger partial charge on any atom is -0.355 e. The summed E-state index contributed by atoms with van der Waals surface area (Å²) in [6.45, 7) is 3.47. The number of carbonyl (C=O) groups excluding carboxylic acids is 1. The van der Waals surface area contributed by atoms with Crippen molar-refractivity contribution < 1.29 is 4.79 Å². The summed E-state index contributed by atoms with van der Waals surface area (Å²) in [6, 6.07) is 15.3. The molecule has 1 aliphatic rings. The van der Waals surface area contributed by atoms with E-state index in [9.17, 15) is 14.9 Å². The quantitative estimate of drug-likeness (QED) is 0.391. The van der Waals surface area contributed by atoms with E-state index in [1.165, 1.54) is 10.9 Å². The number of benzene rings is 1. The number of carbonyl (C=O) groups is 1. The van der Waals surface area contributed by atoms with Crippen LogP contribution in [0.2, 0.25) is 0 Å². The second-order valence-corrected chi connectivity index (χ2v) is 9.42. The van der Waals surface area contributed by atoms with E-state index in [1.54, 1.807) is 12.3 Å². The average Bonchev–Trinajstić information content (AvgIpc) is 3.24. The molecule has 0 aliphatic carbocycles. The predicted octanol–water partition coefficient (Wildman–Crippen LogP) is 2.89. The summed E-state index contributed by atoms with van der Waals surface area (Å²) in [5.74, 6) is 0.451. The maximum absolute atomic E-state index is 13.8. The van der Waals surface area contributed by atoms with Gasteiger partial charge in [0.05, 0.1) is 25.1 Å². The van der Waals surface area contributed by atoms with Crippen LogP contribution in [-0.4, -0.2) is 44.0 Å². The van der Waals surface area contributed by atoms with Crippen molar-refractivity contribution in [3.63, 3.8) is 0 Å². The van der Waals surface area contributed by atoms with Gasteiger partial charge in [0.2, 0.25) is 0 Å². The summed E-state index contributed by atoms with van der Waals surface area (Å²) < 4.78 is 3.15. The van der Waals surface area contributed by atoms with Crippen molar-refractivity contribution in [3.05, 3.63) is 87.7 Å². The van der Waals surface area contributed by atoms with Gasteiger partial charge < -0.3 is 15.2 Å². The Morgan fingerprint density at radius 1 is 1.22 bits per heavy atom. The van der Waals surface area contributed by atoms with E-state index in [2.05, 4.69) is 20.9 Å². The molecule has 5 rings (SSSR count). The lowest BCUT2D eigenvalue weighted by molar-refractivity contribution is 0.0970. The average molecular weight is 496 g/mol. The SMILES string of the molecule is CCc1cccc(C(=O)Cn2cnc3c(C#N)c(N4CCC[C@H](N)C4)n(Cc4ccccn4)c3c2=O)c1. The molecule has 1 atom stereocenters. The van der Waals surface area contributed by atoms with Crippen molar-refractivity contribution in [2.45, 2.75) is 45.3 Å². The molecular weight excluding hydrogens is 466 g/mol. The largest absolute Gasteiger partial charge is 0.355 e. The fourth-order valence-corrected chi connectivity index (χ4v) is 5.02. The van der Waals surface area contributed by atoms with E-state index in [1.807, 2.05) is 47.9 Å². The molecule has 37 heavy (non-hydrogen) atoms. The zero-order chi connectivity index (χ0) is 25.9. The molecule has 9 nitrogen and oxygen atoms in total. The van der Waals surface area contributed by atoms with E-state index < -0.39 is 0 Å². The van der Waals surface area contributed by atoms with Crippen LogP contribution in [0.25, 0.3) is 11.0 Å². The number of Topliss-reactive ketones (excluding diaryl/α,β-unsaturated/α-hetero) is 1. The summed E-state index contributed by atoms with van der Waals surface area (Å²) in [5, 5.41) is 10.2. The van der Waals surface area contributed by atoms with Gasteiger partial charge in [0, 0.05) is 30.9 Å². The molecule has 2 N–H and O–H groups in total. The van der Waals surface area contributed by atoms with Crippen LogP contribution < -0.4 is 16.2 Å². The Morgan fingerprint density at radius 3 is 2.81 bits per heavy atom. The fraction of sp³-hybridized carbons (Fsp3) is 0.321. The number of aromatic nitrogens is 4. The van der Waals surface area contributed by atoms with E-state index in [-0.39, 0.29) is 36.0 Å². The number of anilines is 1. The first-order valence-corrected chi connectivity index (χ1v) is 12.5. The molecule has 9 heteroatoms. The van der Waals surface area contributed by atoms with Crippen LogP contribution in [0.4, 0.5) is 5.82 Å². The number of fused-ring (bicyclic) bond motifs is 1. The first kappa shape index (κ1) is 24.4. The second kappa shape index (κ2) is 10.4. The number of nitrogens with two attached hydrogens (primary N) is 1. The lowest BCUT2D eigenvalue weighted by Crippen LogP contribution is -2.44. The molecule has 1 saturated heterocycles. The smallest absolute Gasteiger partial charge is 0.278 e. The van der Waals surface area contributed by atoms with Crippen LogP contribution in [0.3, 0.4) is 0 Å². The molecule has 4 aromatic rings. The Labute approximate surface area is 214 Å². The van der Waals surface area contributed by atoms with Gasteiger partial charge in [-0.15, -0.1) is 0 Å². The van der Waals surface area contributed by atoms with Crippen molar-refractivity contribution in [1.29, 1.82) is 5.26 Å². The number of aryl methyl sites for hydroxylation is 1. The van der Waals surface area contributed by atoms with Gasteiger partial charge in [-0.1, -0.05) is 31.2 Å². The van der Waals surface area contributed by atoms with Gasteiger partial charge in [-0.05, 0) is 43.0 Å². The molecule has 4 heterocycles. The van der Waals surface area contributed by atoms with Crippen LogP contribution in [0.15, 0.2) is 59.8 Å². The number of nitriles is 1. The summed E-state index contributed by atoms with van der Waals surface area (Å²) in [6.07, 6.45) is 5.67. The topological polar surface area (TPSA) is 123 Å². The van der Waals surface area contributed by atoms with Crippen LogP contribution in [0.1, 0.15) is 46.9 Å². The van der Waals surface area contributed by atoms with Crippen LogP contribution >= 0.6 is 0 Å². The van der Waals surface area contributed by atoms with Crippen molar-refractivity contribution >= 4 is 22.6 Å². The summed E-state index contributed by atoms with van der Waals surface area (Å²) >= 11 is 0. The highest BCUT2D eigenvalue weighted by molar-refractivity contribution is 5.96. The molecule has 0 amide bonds. The van der Waals surface area contributed by atoms with Crippen LogP contribution in [-0.2, 0) is 19.5 Å². The fourth-order valence-electron chi connectivity index (χ4n) is 5.02. The third-order valence-electron chi connectivity index (χ3n) is 6.89. The van der Waals surface area contributed by atoms with Crippen LogP contribution in [0.5, 0.6) is 0 Å². The van der Waals surface area contributed by atoms with Gasteiger partial charge >= 0.3 is 0 Å². The van der Waals surface area contributed by atoms with Crippen molar-refractivity contribution in [1.82, 2.24) is 19.1 Å². The molecule has 3 aromatic heterocycles. The molecule has 0 spiro atoms. The molecule has 1 aliphatic heterocycles. The third kappa shape index (κ3) is 4.76. The lowest BCUT2D eigenvalue weighted by Gasteiger charge is -2.33. The van der Waals surface area contributed by atoms with E-state index in [0.717, 1.165) is 37.1 Å². The standard InChI is InChI=1S/C28H29N7O2/c1-2-19-7-5-8-20(13-19)24(36)17-34-18-32-25-23(14-29)27(33-12-6-9-21(30)15-33)35(26(25)28(34)37)16-22-10-3-4-11-31-22/h3-5,7-8,10-11,13,18,21H,2,6,9,12,15-17,30H2,1H3/t21-/m0/s1. The number of hydrogen-bond acceptors (Lipinski definition) is 7. The van der Waals surface area contributed by atoms with Crippen molar-refractivity contribution in [2.75, 3.05) is 18.0 Å². The first-order chi connectivity index (χ1) is 18.0. The second-order valence-electron chi connectivity index (χ2n) is 9.42. The van der Waals surface area contributed by atoms with Gasteiger partial charge in [-0.2, -0.15) is 5.26 Å². The minimum atomic E-state index is -0.370. The first-order valence-electron chi connectivity index (χ1n) is 12.5. The van der Waals surface area contributed by atoms with Gasteiger partial charge in [0.15, 0.2) is 5.78 Å². The number of pyridine rings is 1.